The summed E-state index contributed by atoms with van der Waals surface area (Å²) in [5, 5.41) is 5.48. The van der Waals surface area contributed by atoms with E-state index in [2.05, 4.69) is 30.3 Å². The summed E-state index contributed by atoms with van der Waals surface area (Å²) in [6.45, 7) is 2.25. The molecule has 0 aliphatic carbocycles. The summed E-state index contributed by atoms with van der Waals surface area (Å²) in [6, 6.07) is 0.194. The van der Waals surface area contributed by atoms with Gasteiger partial charge < -0.3 is 20.1 Å². The van der Waals surface area contributed by atoms with Crippen LogP contribution in [-0.4, -0.2) is 48.2 Å². The zero-order chi connectivity index (χ0) is 12.7. The molecule has 0 spiro atoms. The van der Waals surface area contributed by atoms with Crippen molar-refractivity contribution in [2.75, 3.05) is 37.9 Å². The lowest BCUT2D eigenvalue weighted by molar-refractivity contribution is -0.138. The lowest BCUT2D eigenvalue weighted by atomic mass is 10.6. The number of hydrogen-bond donors (Lipinski definition) is 2. The van der Waals surface area contributed by atoms with Crippen molar-refractivity contribution in [1.82, 2.24) is 15.0 Å². The minimum atomic E-state index is -0.408. The van der Waals surface area contributed by atoms with Crippen LogP contribution in [0.15, 0.2) is 0 Å². The van der Waals surface area contributed by atoms with Crippen molar-refractivity contribution in [3.63, 3.8) is 0 Å². The third-order valence-electron chi connectivity index (χ3n) is 1.73. The SMILES string of the molecule is CCOc1nc(NC)nc(NCC(=O)OC)n1. The van der Waals surface area contributed by atoms with Crippen LogP contribution in [0.25, 0.3) is 0 Å². The molecule has 0 aliphatic heterocycles. The van der Waals surface area contributed by atoms with E-state index in [0.29, 0.717) is 12.6 Å². The Balaban J connectivity index is 2.75. The number of carbonyl (C=O) groups is 1. The number of hydrogen-bond acceptors (Lipinski definition) is 8. The van der Waals surface area contributed by atoms with Gasteiger partial charge in [0, 0.05) is 7.05 Å². The summed E-state index contributed by atoms with van der Waals surface area (Å²) in [4.78, 5) is 22.9. The quantitative estimate of drug-likeness (QED) is 0.666. The molecule has 8 heteroatoms. The first-order valence-electron chi connectivity index (χ1n) is 5.07. The average Bonchev–Trinajstić information content (AvgIpc) is 2.36. The highest BCUT2D eigenvalue weighted by Crippen LogP contribution is 2.10. The maximum atomic E-state index is 10.9. The van der Waals surface area contributed by atoms with Gasteiger partial charge in [-0.15, -0.1) is 0 Å². The summed E-state index contributed by atoms with van der Waals surface area (Å²) in [5.74, 6) is 0.198. The molecule has 0 atom stereocenters. The highest BCUT2D eigenvalue weighted by Gasteiger charge is 2.07. The molecule has 8 nitrogen and oxygen atoms in total. The average molecular weight is 241 g/mol. The Morgan fingerprint density at radius 2 is 2.00 bits per heavy atom. The predicted octanol–water partition coefficient (Wildman–Crippen LogP) is -0.103. The van der Waals surface area contributed by atoms with Gasteiger partial charge in [-0.3, -0.25) is 4.79 Å². The maximum Gasteiger partial charge on any atom is 0.325 e. The summed E-state index contributed by atoms with van der Waals surface area (Å²) < 4.78 is 9.65. The van der Waals surface area contributed by atoms with Crippen LogP contribution in [0.5, 0.6) is 6.01 Å². The molecule has 2 N–H and O–H groups in total. The normalized spacial score (nSPS) is 9.59. The van der Waals surface area contributed by atoms with Crippen molar-refractivity contribution >= 4 is 17.9 Å². The van der Waals surface area contributed by atoms with E-state index in [1.807, 2.05) is 6.92 Å². The Kier molecular flexibility index (Phi) is 4.92. The van der Waals surface area contributed by atoms with Crippen LogP contribution in [0, 0.1) is 0 Å². The van der Waals surface area contributed by atoms with E-state index in [1.54, 1.807) is 7.05 Å². The highest BCUT2D eigenvalue weighted by molar-refractivity contribution is 5.74. The molecule has 17 heavy (non-hydrogen) atoms. The highest BCUT2D eigenvalue weighted by atomic mass is 16.5. The van der Waals surface area contributed by atoms with Gasteiger partial charge in [0.1, 0.15) is 6.54 Å². The first kappa shape index (κ1) is 12.9. The number of rotatable bonds is 6. The van der Waals surface area contributed by atoms with Gasteiger partial charge in [0.2, 0.25) is 11.9 Å². The summed E-state index contributed by atoms with van der Waals surface area (Å²) in [5.41, 5.74) is 0. The molecule has 0 aliphatic rings. The number of anilines is 2. The fraction of sp³-hybridized carbons (Fsp3) is 0.556. The number of esters is 1. The maximum absolute atomic E-state index is 10.9. The first-order valence-corrected chi connectivity index (χ1v) is 5.07. The number of nitrogens with zero attached hydrogens (tertiary/aromatic N) is 3. The monoisotopic (exact) mass is 241 g/mol. The Labute approximate surface area is 98.8 Å². The van der Waals surface area contributed by atoms with Crippen LogP contribution in [0.4, 0.5) is 11.9 Å². The number of ether oxygens (including phenoxy) is 2. The molecule has 0 unspecified atom stereocenters. The first-order chi connectivity index (χ1) is 8.19. The zero-order valence-corrected chi connectivity index (χ0v) is 9.98. The van der Waals surface area contributed by atoms with Crippen LogP contribution in [0.2, 0.25) is 0 Å². The molecule has 0 fully saturated rings. The second-order valence-corrected chi connectivity index (χ2v) is 2.88. The standard InChI is InChI=1S/C9H15N5O3/c1-4-17-9-13-7(10-2)12-8(14-9)11-5-6(15)16-3/h4-5H2,1-3H3,(H2,10,11,12,13,14). The van der Waals surface area contributed by atoms with Crippen molar-refractivity contribution in [1.29, 1.82) is 0 Å². The van der Waals surface area contributed by atoms with Crippen LogP contribution < -0.4 is 15.4 Å². The molecule has 0 radical (unpaired) electrons. The van der Waals surface area contributed by atoms with E-state index in [0.717, 1.165) is 0 Å². The second kappa shape index (κ2) is 6.46. The number of carbonyl (C=O) groups excluding carboxylic acids is 1. The Morgan fingerprint density at radius 3 is 2.59 bits per heavy atom. The number of methoxy groups -OCH3 is 1. The van der Waals surface area contributed by atoms with Crippen LogP contribution >= 0.6 is 0 Å². The van der Waals surface area contributed by atoms with Gasteiger partial charge in [0.15, 0.2) is 0 Å². The predicted molar refractivity (Wildman–Crippen MR) is 61.0 cm³/mol. The molecule has 0 bridgehead atoms. The van der Waals surface area contributed by atoms with Gasteiger partial charge in [-0.2, -0.15) is 15.0 Å². The van der Waals surface area contributed by atoms with Gasteiger partial charge in [-0.25, -0.2) is 0 Å². The van der Waals surface area contributed by atoms with E-state index in [1.165, 1.54) is 7.11 Å². The smallest absolute Gasteiger partial charge is 0.325 e. The van der Waals surface area contributed by atoms with Gasteiger partial charge in [0.25, 0.3) is 0 Å². The molecule has 0 saturated carbocycles. The lowest BCUT2D eigenvalue weighted by Gasteiger charge is -2.07. The molecule has 1 heterocycles. The summed E-state index contributed by atoms with van der Waals surface area (Å²) >= 11 is 0. The van der Waals surface area contributed by atoms with Gasteiger partial charge in [0.05, 0.1) is 13.7 Å². The molecule has 1 aromatic rings. The van der Waals surface area contributed by atoms with Crippen LogP contribution in [0.3, 0.4) is 0 Å². The third kappa shape index (κ3) is 4.09. The minimum absolute atomic E-state index is 0.0186. The zero-order valence-electron chi connectivity index (χ0n) is 9.98. The van der Waals surface area contributed by atoms with Crippen molar-refractivity contribution < 1.29 is 14.3 Å². The van der Waals surface area contributed by atoms with Crippen molar-refractivity contribution in [3.05, 3.63) is 0 Å². The number of nitrogens with one attached hydrogen (secondary N) is 2. The Morgan fingerprint density at radius 1 is 1.29 bits per heavy atom. The van der Waals surface area contributed by atoms with Crippen molar-refractivity contribution in [3.8, 4) is 6.01 Å². The second-order valence-electron chi connectivity index (χ2n) is 2.88. The minimum Gasteiger partial charge on any atom is -0.468 e. The third-order valence-corrected chi connectivity index (χ3v) is 1.73. The fourth-order valence-corrected chi connectivity index (χ4v) is 0.964. The van der Waals surface area contributed by atoms with Crippen LogP contribution in [0.1, 0.15) is 6.92 Å². The molecular weight excluding hydrogens is 226 g/mol. The lowest BCUT2D eigenvalue weighted by Crippen LogP contribution is -2.17. The summed E-state index contributed by atoms with van der Waals surface area (Å²) in [7, 11) is 2.98. The molecule has 1 rings (SSSR count). The van der Waals surface area contributed by atoms with Gasteiger partial charge >= 0.3 is 12.0 Å². The fourth-order valence-electron chi connectivity index (χ4n) is 0.964. The van der Waals surface area contributed by atoms with Crippen LogP contribution in [-0.2, 0) is 9.53 Å². The largest absolute Gasteiger partial charge is 0.468 e. The van der Waals surface area contributed by atoms with E-state index in [-0.39, 0.29) is 18.5 Å². The van der Waals surface area contributed by atoms with Crippen molar-refractivity contribution in [2.45, 2.75) is 6.92 Å². The van der Waals surface area contributed by atoms with E-state index < -0.39 is 5.97 Å². The molecular formula is C9H15N5O3. The molecule has 94 valence electrons. The Hall–Kier alpha value is -2.12. The van der Waals surface area contributed by atoms with E-state index in [4.69, 9.17) is 4.74 Å². The Bertz CT molecular complexity index is 385. The van der Waals surface area contributed by atoms with Gasteiger partial charge in [-0.05, 0) is 6.92 Å². The van der Waals surface area contributed by atoms with Crippen molar-refractivity contribution in [2.24, 2.45) is 0 Å². The van der Waals surface area contributed by atoms with Gasteiger partial charge in [-0.1, -0.05) is 0 Å². The van der Waals surface area contributed by atoms with E-state index >= 15 is 0 Å². The summed E-state index contributed by atoms with van der Waals surface area (Å²) in [6.07, 6.45) is 0. The molecule has 0 amide bonds. The molecule has 0 saturated heterocycles. The molecule has 0 aromatic carbocycles. The van der Waals surface area contributed by atoms with E-state index in [9.17, 15) is 4.79 Å². The number of aromatic nitrogens is 3. The molecule has 1 aromatic heterocycles. The topological polar surface area (TPSA) is 98.3 Å².